The zero-order valence-electron chi connectivity index (χ0n) is 10.9. The van der Waals surface area contributed by atoms with Gasteiger partial charge in [-0.1, -0.05) is 19.8 Å². The van der Waals surface area contributed by atoms with Crippen molar-refractivity contribution in [2.45, 2.75) is 51.5 Å². The minimum Gasteiger partial charge on any atom is -0.381 e. The van der Waals surface area contributed by atoms with E-state index in [1.54, 1.807) is 0 Å². The number of ether oxygens (including phenoxy) is 1. The molecular formula is C14H27NO. The summed E-state index contributed by atoms with van der Waals surface area (Å²) in [6, 6.07) is 0.735. The molecule has 0 aromatic carbocycles. The van der Waals surface area contributed by atoms with E-state index in [2.05, 4.69) is 19.3 Å². The molecule has 2 aliphatic rings. The first kappa shape index (κ1) is 12.4. The van der Waals surface area contributed by atoms with E-state index in [4.69, 9.17) is 4.74 Å². The van der Waals surface area contributed by atoms with Crippen molar-refractivity contribution in [2.24, 2.45) is 17.8 Å². The van der Waals surface area contributed by atoms with Crippen molar-refractivity contribution in [3.05, 3.63) is 0 Å². The van der Waals surface area contributed by atoms with Crippen molar-refractivity contribution in [3.8, 4) is 0 Å². The largest absolute Gasteiger partial charge is 0.381 e. The third kappa shape index (κ3) is 3.21. The van der Waals surface area contributed by atoms with E-state index < -0.39 is 0 Å². The van der Waals surface area contributed by atoms with Crippen LogP contribution in [0, 0.1) is 17.8 Å². The molecule has 0 radical (unpaired) electrons. The van der Waals surface area contributed by atoms with Crippen LogP contribution in [0.3, 0.4) is 0 Å². The summed E-state index contributed by atoms with van der Waals surface area (Å²) in [5, 5.41) is 3.56. The molecule has 0 aromatic rings. The fourth-order valence-corrected chi connectivity index (χ4v) is 3.36. The Morgan fingerprint density at radius 3 is 2.50 bits per heavy atom. The van der Waals surface area contributed by atoms with E-state index in [0.29, 0.717) is 0 Å². The van der Waals surface area contributed by atoms with E-state index in [1.165, 1.54) is 38.5 Å². The Morgan fingerprint density at radius 2 is 1.94 bits per heavy atom. The number of hydrogen-bond acceptors (Lipinski definition) is 2. The molecule has 0 bridgehead atoms. The van der Waals surface area contributed by atoms with Gasteiger partial charge in [0.15, 0.2) is 0 Å². The van der Waals surface area contributed by atoms with E-state index in [1.807, 2.05) is 0 Å². The average Bonchev–Trinajstić information content (AvgIpc) is 2.80. The van der Waals surface area contributed by atoms with Gasteiger partial charge in [0, 0.05) is 19.3 Å². The van der Waals surface area contributed by atoms with E-state index in [-0.39, 0.29) is 0 Å². The van der Waals surface area contributed by atoms with Gasteiger partial charge in [0.1, 0.15) is 0 Å². The second-order valence-corrected chi connectivity index (χ2v) is 5.88. The summed E-state index contributed by atoms with van der Waals surface area (Å²) in [4.78, 5) is 0. The zero-order chi connectivity index (χ0) is 11.4. The summed E-state index contributed by atoms with van der Waals surface area (Å²) in [5.74, 6) is 2.70. The van der Waals surface area contributed by atoms with Crippen LogP contribution in [0.5, 0.6) is 0 Å². The second kappa shape index (κ2) is 6.02. The fraction of sp³-hybridized carbons (Fsp3) is 1.00. The van der Waals surface area contributed by atoms with E-state index in [9.17, 15) is 0 Å². The van der Waals surface area contributed by atoms with Gasteiger partial charge < -0.3 is 10.1 Å². The Bertz CT molecular complexity index is 193. The van der Waals surface area contributed by atoms with Crippen molar-refractivity contribution >= 4 is 0 Å². The minimum atomic E-state index is 0.735. The molecule has 16 heavy (non-hydrogen) atoms. The van der Waals surface area contributed by atoms with Crippen LogP contribution < -0.4 is 5.32 Å². The first-order valence-corrected chi connectivity index (χ1v) is 7.04. The standard InChI is InChI=1S/C14H27NO/c1-11-3-5-13(6-4-11)14(15-2)9-12-7-8-16-10-12/h11-15H,3-10H2,1-2H3. The normalized spacial score (nSPS) is 37.5. The van der Waals surface area contributed by atoms with Gasteiger partial charge >= 0.3 is 0 Å². The summed E-state index contributed by atoms with van der Waals surface area (Å²) in [5.41, 5.74) is 0. The molecule has 2 fully saturated rings. The fourth-order valence-electron chi connectivity index (χ4n) is 3.36. The molecule has 94 valence electrons. The van der Waals surface area contributed by atoms with Crippen molar-refractivity contribution in [1.82, 2.24) is 5.32 Å². The molecule has 1 saturated heterocycles. The molecule has 2 rings (SSSR count). The molecule has 1 aliphatic carbocycles. The number of rotatable bonds is 4. The van der Waals surface area contributed by atoms with Crippen LogP contribution >= 0.6 is 0 Å². The molecule has 1 N–H and O–H groups in total. The van der Waals surface area contributed by atoms with Gasteiger partial charge in [-0.2, -0.15) is 0 Å². The Morgan fingerprint density at radius 1 is 1.19 bits per heavy atom. The van der Waals surface area contributed by atoms with Crippen LogP contribution in [-0.4, -0.2) is 26.3 Å². The lowest BCUT2D eigenvalue weighted by Crippen LogP contribution is -2.37. The predicted octanol–water partition coefficient (Wildman–Crippen LogP) is 2.83. The second-order valence-electron chi connectivity index (χ2n) is 5.88. The highest BCUT2D eigenvalue weighted by Gasteiger charge is 2.28. The summed E-state index contributed by atoms with van der Waals surface area (Å²) in [7, 11) is 2.14. The molecule has 0 amide bonds. The third-order valence-corrected chi connectivity index (χ3v) is 4.61. The lowest BCUT2D eigenvalue weighted by atomic mass is 9.77. The molecule has 0 aromatic heterocycles. The average molecular weight is 225 g/mol. The monoisotopic (exact) mass is 225 g/mol. The van der Waals surface area contributed by atoms with Gasteiger partial charge in [0.2, 0.25) is 0 Å². The molecule has 1 saturated carbocycles. The first-order valence-electron chi connectivity index (χ1n) is 7.04. The SMILES string of the molecule is CNC(CC1CCOC1)C1CCC(C)CC1. The van der Waals surface area contributed by atoms with Crippen LogP contribution in [-0.2, 0) is 4.74 Å². The quantitative estimate of drug-likeness (QED) is 0.794. The maximum Gasteiger partial charge on any atom is 0.0495 e. The number of hydrogen-bond donors (Lipinski definition) is 1. The molecule has 2 heteroatoms. The molecule has 2 atom stereocenters. The number of nitrogens with one attached hydrogen (secondary N) is 1. The van der Waals surface area contributed by atoms with Gasteiger partial charge in [0.05, 0.1) is 0 Å². The Kier molecular flexibility index (Phi) is 4.66. The van der Waals surface area contributed by atoms with Gasteiger partial charge in [-0.05, 0) is 50.5 Å². The zero-order valence-corrected chi connectivity index (χ0v) is 10.9. The van der Waals surface area contributed by atoms with Crippen molar-refractivity contribution in [1.29, 1.82) is 0 Å². The maximum atomic E-state index is 5.48. The Hall–Kier alpha value is -0.0800. The summed E-state index contributed by atoms with van der Waals surface area (Å²) in [6.45, 7) is 4.39. The van der Waals surface area contributed by atoms with Crippen molar-refractivity contribution in [3.63, 3.8) is 0 Å². The van der Waals surface area contributed by atoms with Crippen LogP contribution in [0.25, 0.3) is 0 Å². The molecule has 0 spiro atoms. The lowest BCUT2D eigenvalue weighted by Gasteiger charge is -2.33. The Balaban J connectivity index is 1.79. The van der Waals surface area contributed by atoms with Crippen molar-refractivity contribution < 1.29 is 4.74 Å². The summed E-state index contributed by atoms with van der Waals surface area (Å²) in [6.07, 6.45) is 8.34. The predicted molar refractivity (Wildman–Crippen MR) is 67.5 cm³/mol. The molecule has 1 heterocycles. The third-order valence-electron chi connectivity index (χ3n) is 4.61. The van der Waals surface area contributed by atoms with E-state index in [0.717, 1.165) is 37.0 Å². The summed E-state index contributed by atoms with van der Waals surface area (Å²) >= 11 is 0. The first-order chi connectivity index (χ1) is 7.79. The van der Waals surface area contributed by atoms with Gasteiger partial charge in [0.25, 0.3) is 0 Å². The van der Waals surface area contributed by atoms with Crippen molar-refractivity contribution in [2.75, 3.05) is 20.3 Å². The van der Waals surface area contributed by atoms with Crippen LogP contribution in [0.1, 0.15) is 45.4 Å². The highest BCUT2D eigenvalue weighted by Crippen LogP contribution is 2.33. The molecule has 1 aliphatic heterocycles. The van der Waals surface area contributed by atoms with Gasteiger partial charge in [-0.3, -0.25) is 0 Å². The highest BCUT2D eigenvalue weighted by atomic mass is 16.5. The van der Waals surface area contributed by atoms with E-state index >= 15 is 0 Å². The minimum absolute atomic E-state index is 0.735. The molecule has 2 unspecified atom stereocenters. The smallest absolute Gasteiger partial charge is 0.0495 e. The lowest BCUT2D eigenvalue weighted by molar-refractivity contribution is 0.170. The Labute approximate surface area is 100 Å². The molecular weight excluding hydrogens is 198 g/mol. The highest BCUT2D eigenvalue weighted by molar-refractivity contribution is 4.83. The topological polar surface area (TPSA) is 21.3 Å². The molecule has 2 nitrogen and oxygen atoms in total. The van der Waals surface area contributed by atoms with Gasteiger partial charge in [-0.25, -0.2) is 0 Å². The van der Waals surface area contributed by atoms with Crippen LogP contribution in [0.15, 0.2) is 0 Å². The van der Waals surface area contributed by atoms with Gasteiger partial charge in [-0.15, -0.1) is 0 Å². The van der Waals surface area contributed by atoms with Crippen LogP contribution in [0.4, 0.5) is 0 Å². The van der Waals surface area contributed by atoms with Crippen LogP contribution in [0.2, 0.25) is 0 Å². The summed E-state index contributed by atoms with van der Waals surface area (Å²) < 4.78 is 5.48. The maximum absolute atomic E-state index is 5.48.